The number of rotatable bonds is 5. The maximum atomic E-state index is 11.8. The number of aromatic nitrogens is 3. The second-order valence-electron chi connectivity index (χ2n) is 5.20. The van der Waals surface area contributed by atoms with Crippen molar-refractivity contribution in [1.82, 2.24) is 15.0 Å². The fourth-order valence-corrected chi connectivity index (χ4v) is 2.29. The fourth-order valence-electron chi connectivity index (χ4n) is 2.29. The number of carbonyl (C=O) groups is 1. The van der Waals surface area contributed by atoms with Gasteiger partial charge in [-0.2, -0.15) is 0 Å². The molecule has 2 N–H and O–H groups in total. The Morgan fingerprint density at radius 1 is 1.23 bits per heavy atom. The van der Waals surface area contributed by atoms with E-state index in [1.807, 2.05) is 30.3 Å². The van der Waals surface area contributed by atoms with Crippen molar-refractivity contribution >= 4 is 22.6 Å². The SMILES string of the molecule is CCCCC(=O)Nc1ccc2nc(-c3ccncc3)[nH]c2c1. The monoisotopic (exact) mass is 294 g/mol. The number of fused-ring (bicyclic) bond motifs is 1. The van der Waals surface area contributed by atoms with Crippen molar-refractivity contribution in [2.45, 2.75) is 26.2 Å². The summed E-state index contributed by atoms with van der Waals surface area (Å²) in [6, 6.07) is 9.52. The first-order valence-corrected chi connectivity index (χ1v) is 7.46. The van der Waals surface area contributed by atoms with Gasteiger partial charge in [-0.05, 0) is 36.8 Å². The number of hydrogen-bond donors (Lipinski definition) is 2. The van der Waals surface area contributed by atoms with Gasteiger partial charge in [0.1, 0.15) is 5.82 Å². The number of pyridine rings is 1. The number of anilines is 1. The molecule has 0 unspecified atom stereocenters. The van der Waals surface area contributed by atoms with Gasteiger partial charge in [0.2, 0.25) is 5.91 Å². The first kappa shape index (κ1) is 14.3. The standard InChI is InChI=1S/C17H18N4O/c1-2-3-4-16(22)19-13-5-6-14-15(11-13)21-17(20-14)12-7-9-18-10-8-12/h5-11H,2-4H2,1H3,(H,19,22)(H,20,21). The first-order valence-electron chi connectivity index (χ1n) is 7.46. The van der Waals surface area contributed by atoms with Gasteiger partial charge in [0.25, 0.3) is 0 Å². The van der Waals surface area contributed by atoms with Gasteiger partial charge in [0, 0.05) is 30.1 Å². The molecule has 0 atom stereocenters. The molecule has 0 saturated carbocycles. The summed E-state index contributed by atoms with van der Waals surface area (Å²) in [5.74, 6) is 0.849. The van der Waals surface area contributed by atoms with E-state index in [4.69, 9.17) is 0 Å². The average molecular weight is 294 g/mol. The lowest BCUT2D eigenvalue weighted by molar-refractivity contribution is -0.116. The normalized spacial score (nSPS) is 10.8. The minimum Gasteiger partial charge on any atom is -0.338 e. The second-order valence-corrected chi connectivity index (χ2v) is 5.20. The molecule has 2 heterocycles. The summed E-state index contributed by atoms with van der Waals surface area (Å²) in [7, 11) is 0. The zero-order chi connectivity index (χ0) is 15.4. The first-order chi connectivity index (χ1) is 10.8. The number of benzene rings is 1. The van der Waals surface area contributed by atoms with Gasteiger partial charge >= 0.3 is 0 Å². The smallest absolute Gasteiger partial charge is 0.224 e. The average Bonchev–Trinajstić information content (AvgIpc) is 2.97. The molecule has 0 aliphatic rings. The van der Waals surface area contributed by atoms with Crippen molar-refractivity contribution in [3.63, 3.8) is 0 Å². The van der Waals surface area contributed by atoms with E-state index in [2.05, 4.69) is 27.2 Å². The van der Waals surface area contributed by atoms with E-state index in [1.165, 1.54) is 0 Å². The summed E-state index contributed by atoms with van der Waals surface area (Å²) in [5, 5.41) is 2.92. The Bertz CT molecular complexity index is 780. The summed E-state index contributed by atoms with van der Waals surface area (Å²) in [4.78, 5) is 23.6. The van der Waals surface area contributed by atoms with Crippen molar-refractivity contribution < 1.29 is 4.79 Å². The summed E-state index contributed by atoms with van der Waals surface area (Å²) in [6.07, 6.45) is 5.95. The van der Waals surface area contributed by atoms with Gasteiger partial charge in [-0.15, -0.1) is 0 Å². The van der Waals surface area contributed by atoms with Gasteiger partial charge in [-0.25, -0.2) is 4.98 Å². The number of nitrogens with zero attached hydrogens (tertiary/aromatic N) is 2. The van der Waals surface area contributed by atoms with Crippen LogP contribution in [0.4, 0.5) is 5.69 Å². The van der Waals surface area contributed by atoms with Crippen molar-refractivity contribution in [1.29, 1.82) is 0 Å². The number of unbranched alkanes of at least 4 members (excludes halogenated alkanes) is 1. The predicted octanol–water partition coefficient (Wildman–Crippen LogP) is 3.75. The number of amides is 1. The lowest BCUT2D eigenvalue weighted by atomic mass is 10.2. The zero-order valence-electron chi connectivity index (χ0n) is 12.5. The van der Waals surface area contributed by atoms with E-state index >= 15 is 0 Å². The molecule has 1 aromatic carbocycles. The highest BCUT2D eigenvalue weighted by atomic mass is 16.1. The number of aromatic amines is 1. The van der Waals surface area contributed by atoms with Crippen LogP contribution in [0.5, 0.6) is 0 Å². The lowest BCUT2D eigenvalue weighted by Crippen LogP contribution is -2.10. The van der Waals surface area contributed by atoms with Gasteiger partial charge < -0.3 is 10.3 Å². The van der Waals surface area contributed by atoms with Gasteiger partial charge in [-0.3, -0.25) is 9.78 Å². The largest absolute Gasteiger partial charge is 0.338 e. The third-order valence-corrected chi connectivity index (χ3v) is 3.48. The van der Waals surface area contributed by atoms with Crippen LogP contribution in [-0.2, 0) is 4.79 Å². The van der Waals surface area contributed by atoms with Crippen LogP contribution < -0.4 is 5.32 Å². The molecular weight excluding hydrogens is 276 g/mol. The molecule has 0 fully saturated rings. The van der Waals surface area contributed by atoms with Crippen molar-refractivity contribution in [3.8, 4) is 11.4 Å². The molecular formula is C17H18N4O. The molecule has 3 rings (SSSR count). The molecule has 0 spiro atoms. The molecule has 5 heteroatoms. The Kier molecular flexibility index (Phi) is 4.14. The van der Waals surface area contributed by atoms with Crippen LogP contribution in [0.15, 0.2) is 42.7 Å². The molecule has 1 amide bonds. The molecule has 22 heavy (non-hydrogen) atoms. The molecule has 2 aromatic heterocycles. The van der Waals surface area contributed by atoms with E-state index in [-0.39, 0.29) is 5.91 Å². The number of hydrogen-bond acceptors (Lipinski definition) is 3. The topological polar surface area (TPSA) is 70.7 Å². The Balaban J connectivity index is 1.83. The van der Waals surface area contributed by atoms with Crippen LogP contribution in [0, 0.1) is 0 Å². The maximum Gasteiger partial charge on any atom is 0.224 e. The molecule has 0 radical (unpaired) electrons. The molecule has 3 aromatic rings. The number of carbonyl (C=O) groups excluding carboxylic acids is 1. The van der Waals surface area contributed by atoms with Gasteiger partial charge in [0.05, 0.1) is 11.0 Å². The number of imidazole rings is 1. The summed E-state index contributed by atoms with van der Waals surface area (Å²) in [5.41, 5.74) is 3.55. The Hall–Kier alpha value is -2.69. The quantitative estimate of drug-likeness (QED) is 0.752. The van der Waals surface area contributed by atoms with Crippen LogP contribution in [-0.4, -0.2) is 20.9 Å². The minimum atomic E-state index is 0.0510. The van der Waals surface area contributed by atoms with Crippen LogP contribution in [0.2, 0.25) is 0 Å². The fraction of sp³-hybridized carbons (Fsp3) is 0.235. The predicted molar refractivity (Wildman–Crippen MR) is 87.5 cm³/mol. The maximum absolute atomic E-state index is 11.8. The number of H-pyrrole nitrogens is 1. The highest BCUT2D eigenvalue weighted by Gasteiger charge is 2.07. The minimum absolute atomic E-state index is 0.0510. The Morgan fingerprint density at radius 2 is 2.05 bits per heavy atom. The van der Waals surface area contributed by atoms with Crippen LogP contribution in [0.3, 0.4) is 0 Å². The molecule has 5 nitrogen and oxygen atoms in total. The lowest BCUT2D eigenvalue weighted by Gasteiger charge is -2.04. The summed E-state index contributed by atoms with van der Waals surface area (Å²) >= 11 is 0. The zero-order valence-corrected chi connectivity index (χ0v) is 12.5. The van der Waals surface area contributed by atoms with E-state index in [9.17, 15) is 4.79 Å². The van der Waals surface area contributed by atoms with Crippen LogP contribution >= 0.6 is 0 Å². The highest BCUT2D eigenvalue weighted by Crippen LogP contribution is 2.22. The molecule has 112 valence electrons. The van der Waals surface area contributed by atoms with Crippen molar-refractivity contribution in [2.75, 3.05) is 5.32 Å². The number of nitrogens with one attached hydrogen (secondary N) is 2. The van der Waals surface area contributed by atoms with E-state index in [0.717, 1.165) is 41.0 Å². The second kappa shape index (κ2) is 6.39. The highest BCUT2D eigenvalue weighted by molar-refractivity contribution is 5.93. The van der Waals surface area contributed by atoms with Crippen LogP contribution in [0.25, 0.3) is 22.4 Å². The summed E-state index contributed by atoms with van der Waals surface area (Å²) < 4.78 is 0. The molecule has 0 bridgehead atoms. The Labute approximate surface area is 128 Å². The van der Waals surface area contributed by atoms with E-state index < -0.39 is 0 Å². The van der Waals surface area contributed by atoms with E-state index in [0.29, 0.717) is 6.42 Å². The van der Waals surface area contributed by atoms with Gasteiger partial charge in [0.15, 0.2) is 0 Å². The third kappa shape index (κ3) is 3.14. The van der Waals surface area contributed by atoms with Gasteiger partial charge in [-0.1, -0.05) is 13.3 Å². The van der Waals surface area contributed by atoms with Crippen molar-refractivity contribution in [2.24, 2.45) is 0 Å². The van der Waals surface area contributed by atoms with Crippen molar-refractivity contribution in [3.05, 3.63) is 42.7 Å². The summed E-state index contributed by atoms with van der Waals surface area (Å²) in [6.45, 7) is 2.07. The molecule has 0 aliphatic heterocycles. The third-order valence-electron chi connectivity index (χ3n) is 3.48. The Morgan fingerprint density at radius 3 is 2.82 bits per heavy atom. The van der Waals surface area contributed by atoms with Crippen LogP contribution in [0.1, 0.15) is 26.2 Å². The van der Waals surface area contributed by atoms with E-state index in [1.54, 1.807) is 12.4 Å². The molecule has 0 aliphatic carbocycles. The molecule has 0 saturated heterocycles.